The van der Waals surface area contributed by atoms with Crippen molar-refractivity contribution in [2.45, 2.75) is 132 Å². The molecule has 49 heavy (non-hydrogen) atoms. The van der Waals surface area contributed by atoms with Crippen molar-refractivity contribution in [3.63, 3.8) is 0 Å². The number of carbonyl (C=O) groups excluding carboxylic acids is 6. The third-order valence-electron chi connectivity index (χ3n) is 9.90. The Balaban J connectivity index is 0.000000368. The molecule has 4 saturated carbocycles. The molecule has 0 spiro atoms. The highest BCUT2D eigenvalue weighted by molar-refractivity contribution is 5.82. The Hall–Kier alpha value is -3.18. The van der Waals surface area contributed by atoms with Crippen LogP contribution in [0.4, 0.5) is 0 Å². The lowest BCUT2D eigenvalue weighted by molar-refractivity contribution is -0.263. The predicted octanol–water partition coefficient (Wildman–Crippen LogP) is 6.16. The molecule has 0 aromatic carbocycles. The maximum atomic E-state index is 12.2. The lowest BCUT2D eigenvalue weighted by Gasteiger charge is -2.54. The summed E-state index contributed by atoms with van der Waals surface area (Å²) in [5.74, 6) is -1.90. The Bertz CT molecular complexity index is 1130. The summed E-state index contributed by atoms with van der Waals surface area (Å²) in [5, 5.41) is 0. The van der Waals surface area contributed by atoms with Crippen LogP contribution < -0.4 is 0 Å². The van der Waals surface area contributed by atoms with E-state index in [1.807, 2.05) is 0 Å². The van der Waals surface area contributed by atoms with Gasteiger partial charge in [0, 0.05) is 0 Å². The van der Waals surface area contributed by atoms with E-state index in [-0.39, 0.29) is 19.4 Å². The van der Waals surface area contributed by atoms with E-state index in [1.165, 1.54) is 39.2 Å². The van der Waals surface area contributed by atoms with Gasteiger partial charge in [-0.1, -0.05) is 27.7 Å². The van der Waals surface area contributed by atoms with Gasteiger partial charge in [0.1, 0.15) is 17.8 Å². The van der Waals surface area contributed by atoms with Gasteiger partial charge < -0.3 is 18.9 Å². The SMILES string of the molecule is CC(C(=O)OOC(=O)CCC1C2CC3CC(C2)CC1C3)C(C)C(=O)OC(C)(C)C.COC(=O)CCOC(=O)C(C)C(C)C(=O)OC(C)(C)C. The van der Waals surface area contributed by atoms with Gasteiger partial charge in [-0.2, -0.15) is 0 Å². The van der Waals surface area contributed by atoms with E-state index in [4.69, 9.17) is 24.0 Å². The molecule has 0 radical (unpaired) electrons. The van der Waals surface area contributed by atoms with Crippen LogP contribution in [0, 0.1) is 53.3 Å². The maximum absolute atomic E-state index is 12.2. The van der Waals surface area contributed by atoms with Gasteiger partial charge >= 0.3 is 35.8 Å². The number of methoxy groups -OCH3 is 1. The summed E-state index contributed by atoms with van der Waals surface area (Å²) < 4.78 is 19.9. The van der Waals surface area contributed by atoms with Gasteiger partial charge in [0.25, 0.3) is 0 Å². The molecule has 0 aromatic rings. The van der Waals surface area contributed by atoms with Gasteiger partial charge in [0.2, 0.25) is 0 Å². The minimum Gasteiger partial charge on any atom is -0.469 e. The molecule has 4 aliphatic rings. The molecule has 0 aliphatic heterocycles. The fraction of sp³-hybridized carbons (Fsp3) is 0.838. The van der Waals surface area contributed by atoms with E-state index in [0.29, 0.717) is 5.92 Å². The first-order valence-electron chi connectivity index (χ1n) is 17.7. The molecule has 0 amide bonds. The van der Waals surface area contributed by atoms with E-state index < -0.39 is 70.7 Å². The average Bonchev–Trinajstić information content (AvgIpc) is 2.99. The zero-order valence-corrected chi connectivity index (χ0v) is 31.5. The fourth-order valence-corrected chi connectivity index (χ4v) is 7.07. The molecule has 4 aliphatic carbocycles. The van der Waals surface area contributed by atoms with E-state index in [0.717, 1.165) is 30.1 Å². The quantitative estimate of drug-likeness (QED) is 0.0992. The number of hydrogen-bond acceptors (Lipinski definition) is 12. The van der Waals surface area contributed by atoms with Crippen LogP contribution in [0.2, 0.25) is 0 Å². The molecule has 12 nitrogen and oxygen atoms in total. The second-order valence-electron chi connectivity index (χ2n) is 16.2. The van der Waals surface area contributed by atoms with Crippen molar-refractivity contribution < 1.29 is 57.5 Å². The lowest BCUT2D eigenvalue weighted by Crippen LogP contribution is -2.45. The Labute approximate surface area is 291 Å². The number of carbonyl (C=O) groups is 6. The Morgan fingerprint density at radius 1 is 0.571 bits per heavy atom. The minimum atomic E-state index is -0.762. The molecular formula is C37H60O12. The van der Waals surface area contributed by atoms with Crippen LogP contribution in [-0.4, -0.2) is 60.7 Å². The highest BCUT2D eigenvalue weighted by atomic mass is 17.2. The van der Waals surface area contributed by atoms with Crippen LogP contribution in [0.15, 0.2) is 0 Å². The second kappa shape index (κ2) is 18.2. The summed E-state index contributed by atoms with van der Waals surface area (Å²) in [6, 6.07) is 0. The van der Waals surface area contributed by atoms with E-state index in [2.05, 4.69) is 4.74 Å². The monoisotopic (exact) mass is 696 g/mol. The first kappa shape index (κ1) is 42.0. The molecule has 4 rings (SSSR count). The Morgan fingerprint density at radius 3 is 1.43 bits per heavy atom. The molecule has 4 atom stereocenters. The van der Waals surface area contributed by atoms with Crippen molar-refractivity contribution in [3.05, 3.63) is 0 Å². The zero-order valence-electron chi connectivity index (χ0n) is 31.5. The molecule has 4 fully saturated rings. The smallest absolute Gasteiger partial charge is 0.359 e. The summed E-state index contributed by atoms with van der Waals surface area (Å²) in [7, 11) is 1.26. The van der Waals surface area contributed by atoms with Gasteiger partial charge in [-0.3, -0.25) is 19.2 Å². The normalized spacial score (nSPS) is 24.9. The first-order chi connectivity index (χ1) is 22.6. The largest absolute Gasteiger partial charge is 0.469 e. The molecule has 0 N–H and O–H groups in total. The summed E-state index contributed by atoms with van der Waals surface area (Å²) >= 11 is 0. The van der Waals surface area contributed by atoms with Crippen LogP contribution in [0.3, 0.4) is 0 Å². The maximum Gasteiger partial charge on any atom is 0.359 e. The van der Waals surface area contributed by atoms with Crippen molar-refractivity contribution in [2.24, 2.45) is 53.3 Å². The first-order valence-corrected chi connectivity index (χ1v) is 17.7. The zero-order chi connectivity index (χ0) is 37.3. The van der Waals surface area contributed by atoms with Crippen molar-refractivity contribution >= 4 is 35.8 Å². The molecule has 4 bridgehead atoms. The van der Waals surface area contributed by atoms with E-state index in [9.17, 15) is 28.8 Å². The highest BCUT2D eigenvalue weighted by Gasteiger charge is 2.48. The predicted molar refractivity (Wildman–Crippen MR) is 178 cm³/mol. The molecule has 12 heteroatoms. The van der Waals surface area contributed by atoms with Gasteiger partial charge in [0.05, 0.1) is 43.6 Å². The third kappa shape index (κ3) is 13.9. The van der Waals surface area contributed by atoms with Gasteiger partial charge in [0.15, 0.2) is 0 Å². The lowest BCUT2D eigenvalue weighted by atomic mass is 9.51. The number of ether oxygens (including phenoxy) is 4. The molecular weight excluding hydrogens is 636 g/mol. The standard InChI is InChI=1S/C23H36O6.C14H24O6/c1-13(21(25)27-23(3,4)5)14(2)22(26)29-28-20(24)7-6-19-17-9-15-8-16(11-17)12-18(19)10-15;1-9(10(2)13(17)20-14(3,4)5)12(16)19-8-7-11(15)18-6/h13-19H,6-12H2,1-5H3;9-10H,7-8H2,1-6H3. The van der Waals surface area contributed by atoms with Crippen LogP contribution in [-0.2, 0) is 57.5 Å². The highest BCUT2D eigenvalue weighted by Crippen LogP contribution is 2.57. The van der Waals surface area contributed by atoms with Crippen LogP contribution in [0.25, 0.3) is 0 Å². The van der Waals surface area contributed by atoms with Gasteiger partial charge in [-0.15, -0.1) is 0 Å². The molecule has 0 saturated heterocycles. The Morgan fingerprint density at radius 2 is 1.00 bits per heavy atom. The molecule has 280 valence electrons. The van der Waals surface area contributed by atoms with Crippen molar-refractivity contribution in [3.8, 4) is 0 Å². The molecule has 0 aromatic heterocycles. The van der Waals surface area contributed by atoms with E-state index in [1.54, 1.807) is 69.2 Å². The van der Waals surface area contributed by atoms with Gasteiger partial charge in [-0.25, -0.2) is 19.4 Å². The molecule has 4 unspecified atom stereocenters. The van der Waals surface area contributed by atoms with Crippen LogP contribution in [0.1, 0.15) is 121 Å². The van der Waals surface area contributed by atoms with Crippen LogP contribution >= 0.6 is 0 Å². The van der Waals surface area contributed by atoms with Crippen molar-refractivity contribution in [1.29, 1.82) is 0 Å². The van der Waals surface area contributed by atoms with E-state index >= 15 is 0 Å². The van der Waals surface area contributed by atoms with Crippen molar-refractivity contribution in [2.75, 3.05) is 13.7 Å². The number of hydrogen-bond donors (Lipinski definition) is 0. The number of rotatable bonds is 12. The summed E-state index contributed by atoms with van der Waals surface area (Å²) in [4.78, 5) is 80.3. The Kier molecular flexibility index (Phi) is 15.6. The average molecular weight is 697 g/mol. The molecule has 0 heterocycles. The second-order valence-corrected chi connectivity index (χ2v) is 16.2. The van der Waals surface area contributed by atoms with Gasteiger partial charge in [-0.05, 0) is 110 Å². The summed E-state index contributed by atoms with van der Waals surface area (Å²) in [6.45, 7) is 16.9. The van der Waals surface area contributed by atoms with Crippen LogP contribution in [0.5, 0.6) is 0 Å². The topological polar surface area (TPSA) is 158 Å². The summed E-state index contributed by atoms with van der Waals surface area (Å²) in [6.07, 6.45) is 7.78. The summed E-state index contributed by atoms with van der Waals surface area (Å²) in [5.41, 5.74) is -1.22. The third-order valence-corrected chi connectivity index (χ3v) is 9.90. The minimum absolute atomic E-state index is 0.00419. The fourth-order valence-electron chi connectivity index (χ4n) is 7.07. The van der Waals surface area contributed by atoms with Crippen molar-refractivity contribution in [1.82, 2.24) is 0 Å². The number of esters is 4.